The summed E-state index contributed by atoms with van der Waals surface area (Å²) in [5.74, 6) is -0.261. The van der Waals surface area contributed by atoms with Gasteiger partial charge >= 0.3 is 5.97 Å². The van der Waals surface area contributed by atoms with Crippen LogP contribution in [-0.4, -0.2) is 22.4 Å². The summed E-state index contributed by atoms with van der Waals surface area (Å²) in [7, 11) is 0. The lowest BCUT2D eigenvalue weighted by Crippen LogP contribution is -2.14. The lowest BCUT2D eigenvalue weighted by atomic mass is 10.2. The molecule has 5 heteroatoms. The van der Waals surface area contributed by atoms with E-state index in [-0.39, 0.29) is 12.5 Å². The minimum absolute atomic E-state index is 0.131. The van der Waals surface area contributed by atoms with Gasteiger partial charge in [-0.3, -0.25) is 9.48 Å². The second kappa shape index (κ2) is 7.70. The summed E-state index contributed by atoms with van der Waals surface area (Å²) in [6.45, 7) is 2.81. The molecule has 0 atom stereocenters. The van der Waals surface area contributed by atoms with Crippen molar-refractivity contribution >= 4 is 11.7 Å². The molecule has 0 saturated heterocycles. The first-order chi connectivity index (χ1) is 8.22. The maximum Gasteiger partial charge on any atom is 0.327 e. The van der Waals surface area contributed by atoms with Gasteiger partial charge in [-0.25, -0.2) is 0 Å². The second-order valence-corrected chi connectivity index (χ2v) is 4.11. The van der Waals surface area contributed by atoms with E-state index in [2.05, 4.69) is 12.0 Å². The number of carbonyl (C=O) groups excluding carboxylic acids is 1. The van der Waals surface area contributed by atoms with Crippen LogP contribution in [0.4, 0.5) is 5.69 Å². The van der Waals surface area contributed by atoms with E-state index in [0.717, 1.165) is 12.8 Å². The Morgan fingerprint density at radius 1 is 1.41 bits per heavy atom. The van der Waals surface area contributed by atoms with Gasteiger partial charge < -0.3 is 10.5 Å². The van der Waals surface area contributed by atoms with Crippen LogP contribution in [0.5, 0.6) is 0 Å². The predicted octanol–water partition coefficient (Wildman–Crippen LogP) is 1.98. The van der Waals surface area contributed by atoms with Crippen LogP contribution < -0.4 is 5.73 Å². The summed E-state index contributed by atoms with van der Waals surface area (Å²) in [6.07, 6.45) is 8.87. The second-order valence-electron chi connectivity index (χ2n) is 4.11. The third-order valence-electron chi connectivity index (χ3n) is 2.46. The number of nitrogen functional groups attached to an aromatic ring is 1. The summed E-state index contributed by atoms with van der Waals surface area (Å²) in [5.41, 5.74) is 6.04. The Kier molecular flexibility index (Phi) is 6.14. The van der Waals surface area contributed by atoms with Crippen molar-refractivity contribution in [1.29, 1.82) is 0 Å². The van der Waals surface area contributed by atoms with Crippen molar-refractivity contribution < 1.29 is 9.53 Å². The quantitative estimate of drug-likeness (QED) is 0.556. The van der Waals surface area contributed by atoms with Crippen molar-refractivity contribution in [3.8, 4) is 0 Å². The maximum absolute atomic E-state index is 11.4. The fourth-order valence-corrected chi connectivity index (χ4v) is 1.54. The van der Waals surface area contributed by atoms with E-state index >= 15 is 0 Å². The van der Waals surface area contributed by atoms with Gasteiger partial charge in [-0.05, 0) is 6.42 Å². The fraction of sp³-hybridized carbons (Fsp3) is 0.667. The highest BCUT2D eigenvalue weighted by molar-refractivity contribution is 5.69. The SMILES string of the molecule is CCCCCCCOC(=O)Cn1cc(N)cn1. The molecule has 0 aliphatic carbocycles. The first-order valence-electron chi connectivity index (χ1n) is 6.16. The number of unbranched alkanes of at least 4 members (excludes halogenated alkanes) is 4. The standard InChI is InChI=1S/C12H21N3O2/c1-2-3-4-5-6-7-17-12(16)10-15-9-11(13)8-14-15/h8-9H,2-7,10,13H2,1H3. The number of carbonyl (C=O) groups is 1. The van der Waals surface area contributed by atoms with Gasteiger partial charge in [0.25, 0.3) is 0 Å². The number of anilines is 1. The molecule has 1 heterocycles. The molecule has 0 radical (unpaired) electrons. The van der Waals surface area contributed by atoms with Gasteiger partial charge in [0.1, 0.15) is 6.54 Å². The van der Waals surface area contributed by atoms with E-state index < -0.39 is 0 Å². The van der Waals surface area contributed by atoms with Crippen molar-refractivity contribution in [3.63, 3.8) is 0 Å². The topological polar surface area (TPSA) is 70.1 Å². The lowest BCUT2D eigenvalue weighted by Gasteiger charge is -2.04. The van der Waals surface area contributed by atoms with E-state index in [1.54, 1.807) is 6.20 Å². The molecule has 0 bridgehead atoms. The average Bonchev–Trinajstić information content (AvgIpc) is 2.69. The number of nitrogens with zero attached hydrogens (tertiary/aromatic N) is 2. The molecule has 0 amide bonds. The van der Waals surface area contributed by atoms with E-state index in [1.807, 2.05) is 0 Å². The molecule has 0 unspecified atom stereocenters. The minimum atomic E-state index is -0.261. The Labute approximate surface area is 102 Å². The summed E-state index contributed by atoms with van der Waals surface area (Å²) in [4.78, 5) is 11.4. The average molecular weight is 239 g/mol. The molecule has 0 aromatic carbocycles. The molecular formula is C12H21N3O2. The van der Waals surface area contributed by atoms with Gasteiger partial charge in [-0.15, -0.1) is 0 Å². The molecule has 5 nitrogen and oxygen atoms in total. The molecule has 96 valence electrons. The number of esters is 1. The molecule has 2 N–H and O–H groups in total. The number of hydrogen-bond acceptors (Lipinski definition) is 4. The zero-order chi connectivity index (χ0) is 12.5. The molecule has 0 aliphatic heterocycles. The summed E-state index contributed by atoms with van der Waals surface area (Å²) in [6, 6.07) is 0. The number of ether oxygens (including phenoxy) is 1. The van der Waals surface area contributed by atoms with Crippen LogP contribution in [-0.2, 0) is 16.1 Å². The molecule has 1 aromatic heterocycles. The van der Waals surface area contributed by atoms with E-state index in [0.29, 0.717) is 12.3 Å². The molecule has 1 rings (SSSR count). The smallest absolute Gasteiger partial charge is 0.327 e. The molecule has 17 heavy (non-hydrogen) atoms. The molecule has 0 aliphatic rings. The molecule has 1 aromatic rings. The van der Waals surface area contributed by atoms with Crippen LogP contribution in [0.3, 0.4) is 0 Å². The monoisotopic (exact) mass is 239 g/mol. The first kappa shape index (κ1) is 13.5. The Morgan fingerprint density at radius 2 is 2.18 bits per heavy atom. The third kappa shape index (κ3) is 5.94. The largest absolute Gasteiger partial charge is 0.464 e. The Balaban J connectivity index is 2.05. The number of hydrogen-bond donors (Lipinski definition) is 1. The summed E-state index contributed by atoms with van der Waals surface area (Å²) < 4.78 is 6.58. The van der Waals surface area contributed by atoms with E-state index in [1.165, 1.54) is 30.1 Å². The fourth-order valence-electron chi connectivity index (χ4n) is 1.54. The van der Waals surface area contributed by atoms with Gasteiger partial charge in [0.2, 0.25) is 0 Å². The minimum Gasteiger partial charge on any atom is -0.464 e. The Hall–Kier alpha value is -1.52. The molecule has 0 spiro atoms. The zero-order valence-corrected chi connectivity index (χ0v) is 10.4. The molecular weight excluding hydrogens is 218 g/mol. The van der Waals surface area contributed by atoms with Gasteiger partial charge in [-0.2, -0.15) is 5.10 Å². The van der Waals surface area contributed by atoms with Gasteiger partial charge in [0.15, 0.2) is 0 Å². The summed E-state index contributed by atoms with van der Waals surface area (Å²) >= 11 is 0. The van der Waals surface area contributed by atoms with Crippen molar-refractivity contribution in [2.24, 2.45) is 0 Å². The van der Waals surface area contributed by atoms with E-state index in [4.69, 9.17) is 10.5 Å². The Morgan fingerprint density at radius 3 is 2.82 bits per heavy atom. The summed E-state index contributed by atoms with van der Waals surface area (Å²) in [5, 5.41) is 3.92. The highest BCUT2D eigenvalue weighted by Gasteiger charge is 2.04. The van der Waals surface area contributed by atoms with Crippen LogP contribution in [0.15, 0.2) is 12.4 Å². The van der Waals surface area contributed by atoms with Crippen molar-refractivity contribution in [2.45, 2.75) is 45.6 Å². The number of nitrogens with two attached hydrogens (primary N) is 1. The van der Waals surface area contributed by atoms with Crippen molar-refractivity contribution in [2.75, 3.05) is 12.3 Å². The van der Waals surface area contributed by atoms with Crippen LogP contribution in [0.1, 0.15) is 39.0 Å². The van der Waals surface area contributed by atoms with Gasteiger partial charge in [0, 0.05) is 6.20 Å². The maximum atomic E-state index is 11.4. The normalized spacial score (nSPS) is 10.4. The van der Waals surface area contributed by atoms with Crippen molar-refractivity contribution in [1.82, 2.24) is 9.78 Å². The lowest BCUT2D eigenvalue weighted by molar-refractivity contribution is -0.144. The van der Waals surface area contributed by atoms with E-state index in [9.17, 15) is 4.79 Å². The zero-order valence-electron chi connectivity index (χ0n) is 10.4. The van der Waals surface area contributed by atoms with Crippen LogP contribution in [0.25, 0.3) is 0 Å². The first-order valence-corrected chi connectivity index (χ1v) is 6.16. The van der Waals surface area contributed by atoms with Gasteiger partial charge in [0.05, 0.1) is 18.5 Å². The molecule has 0 fully saturated rings. The van der Waals surface area contributed by atoms with Crippen LogP contribution >= 0.6 is 0 Å². The predicted molar refractivity (Wildman–Crippen MR) is 66.4 cm³/mol. The van der Waals surface area contributed by atoms with Crippen LogP contribution in [0.2, 0.25) is 0 Å². The van der Waals surface area contributed by atoms with Crippen molar-refractivity contribution in [3.05, 3.63) is 12.4 Å². The Bertz CT molecular complexity index is 336. The number of aromatic nitrogens is 2. The number of rotatable bonds is 8. The molecule has 0 saturated carbocycles. The third-order valence-corrected chi connectivity index (χ3v) is 2.46. The van der Waals surface area contributed by atoms with Gasteiger partial charge in [-0.1, -0.05) is 32.6 Å². The highest BCUT2D eigenvalue weighted by Crippen LogP contribution is 2.03. The van der Waals surface area contributed by atoms with Crippen LogP contribution in [0, 0.1) is 0 Å². The highest BCUT2D eigenvalue weighted by atomic mass is 16.5.